The highest BCUT2D eigenvalue weighted by Crippen LogP contribution is 2.29. The lowest BCUT2D eigenvalue weighted by Crippen LogP contribution is -2.35. The van der Waals surface area contributed by atoms with Gasteiger partial charge < -0.3 is 10.6 Å². The molecule has 2 amide bonds. The van der Waals surface area contributed by atoms with Crippen molar-refractivity contribution in [3.63, 3.8) is 0 Å². The molecule has 0 heterocycles. The fourth-order valence-corrected chi connectivity index (χ4v) is 1.39. The van der Waals surface area contributed by atoms with Crippen molar-refractivity contribution in [3.05, 3.63) is 48.0 Å². The van der Waals surface area contributed by atoms with Gasteiger partial charge in [0.05, 0.1) is 5.56 Å². The molecule has 1 rings (SSSR count). The first-order valence-electron chi connectivity index (χ1n) is 5.72. The molecule has 3 nitrogen and oxygen atoms in total. The van der Waals surface area contributed by atoms with Gasteiger partial charge in [0.25, 0.3) is 0 Å². The number of hydrogen-bond acceptors (Lipinski definition) is 1. The van der Waals surface area contributed by atoms with E-state index < -0.39 is 17.8 Å². The highest BCUT2D eigenvalue weighted by molar-refractivity contribution is 5.73. The van der Waals surface area contributed by atoms with E-state index in [2.05, 4.69) is 17.2 Å². The normalized spacial score (nSPS) is 10.9. The van der Waals surface area contributed by atoms with E-state index in [4.69, 9.17) is 0 Å². The summed E-state index contributed by atoms with van der Waals surface area (Å²) < 4.78 is 37.4. The van der Waals surface area contributed by atoms with E-state index in [1.807, 2.05) is 0 Å². The van der Waals surface area contributed by atoms with Crippen LogP contribution in [0.4, 0.5) is 18.0 Å². The zero-order valence-corrected chi connectivity index (χ0v) is 10.3. The number of amides is 2. The SMILES string of the molecule is C=CCCNC(=O)NCc1cccc(C(F)(F)F)c1. The van der Waals surface area contributed by atoms with E-state index in [0.717, 1.165) is 12.1 Å². The van der Waals surface area contributed by atoms with Gasteiger partial charge in [0.1, 0.15) is 0 Å². The minimum Gasteiger partial charge on any atom is -0.338 e. The molecule has 0 aliphatic rings. The molecule has 2 N–H and O–H groups in total. The Balaban J connectivity index is 2.49. The summed E-state index contributed by atoms with van der Waals surface area (Å²) in [5.41, 5.74) is -0.326. The van der Waals surface area contributed by atoms with Crippen molar-refractivity contribution in [2.24, 2.45) is 0 Å². The van der Waals surface area contributed by atoms with Crippen LogP contribution >= 0.6 is 0 Å². The van der Waals surface area contributed by atoms with Crippen molar-refractivity contribution in [2.75, 3.05) is 6.54 Å². The highest BCUT2D eigenvalue weighted by Gasteiger charge is 2.30. The summed E-state index contributed by atoms with van der Waals surface area (Å²) in [4.78, 5) is 11.3. The molecule has 1 aromatic carbocycles. The van der Waals surface area contributed by atoms with Crippen LogP contribution in [0.2, 0.25) is 0 Å². The van der Waals surface area contributed by atoms with Gasteiger partial charge in [-0.15, -0.1) is 6.58 Å². The van der Waals surface area contributed by atoms with E-state index in [-0.39, 0.29) is 6.54 Å². The third-order valence-electron chi connectivity index (χ3n) is 2.34. The first-order valence-corrected chi connectivity index (χ1v) is 5.72. The van der Waals surface area contributed by atoms with Gasteiger partial charge in [0.15, 0.2) is 0 Å². The van der Waals surface area contributed by atoms with Crippen LogP contribution in [0, 0.1) is 0 Å². The lowest BCUT2D eigenvalue weighted by Gasteiger charge is -2.10. The van der Waals surface area contributed by atoms with Crippen LogP contribution in [0.3, 0.4) is 0 Å². The fraction of sp³-hybridized carbons (Fsp3) is 0.308. The predicted octanol–water partition coefficient (Wildman–Crippen LogP) is 3.08. The average Bonchev–Trinajstić information content (AvgIpc) is 2.36. The Labute approximate surface area is 109 Å². The van der Waals surface area contributed by atoms with Crippen LogP contribution in [0.25, 0.3) is 0 Å². The van der Waals surface area contributed by atoms with Crippen LogP contribution in [0.1, 0.15) is 17.5 Å². The lowest BCUT2D eigenvalue weighted by atomic mass is 10.1. The molecule has 104 valence electrons. The lowest BCUT2D eigenvalue weighted by molar-refractivity contribution is -0.137. The van der Waals surface area contributed by atoms with Crippen molar-refractivity contribution in [1.82, 2.24) is 10.6 Å². The van der Waals surface area contributed by atoms with Crippen LogP contribution in [0.15, 0.2) is 36.9 Å². The molecule has 0 aliphatic carbocycles. The fourth-order valence-electron chi connectivity index (χ4n) is 1.39. The molecule has 6 heteroatoms. The molecule has 0 saturated carbocycles. The summed E-state index contributed by atoms with van der Waals surface area (Å²) in [6.07, 6.45) is -2.08. The Kier molecular flexibility index (Phi) is 5.41. The third kappa shape index (κ3) is 5.46. The number of hydrogen-bond donors (Lipinski definition) is 2. The van der Waals surface area contributed by atoms with Gasteiger partial charge in [0.2, 0.25) is 0 Å². The molecule has 0 saturated heterocycles. The quantitative estimate of drug-likeness (QED) is 0.627. The second-order valence-corrected chi connectivity index (χ2v) is 3.88. The van der Waals surface area contributed by atoms with Crippen molar-refractivity contribution >= 4 is 6.03 Å². The average molecular weight is 272 g/mol. The molecule has 19 heavy (non-hydrogen) atoms. The van der Waals surface area contributed by atoms with Crippen molar-refractivity contribution in [1.29, 1.82) is 0 Å². The Morgan fingerprint density at radius 2 is 2.05 bits per heavy atom. The standard InChI is InChI=1S/C13H15F3N2O/c1-2-3-7-17-12(19)18-9-10-5-4-6-11(8-10)13(14,15)16/h2,4-6,8H,1,3,7,9H2,(H2,17,18,19). The maximum atomic E-state index is 12.5. The summed E-state index contributed by atoms with van der Waals surface area (Å²) in [6.45, 7) is 3.99. The van der Waals surface area contributed by atoms with E-state index in [1.165, 1.54) is 12.1 Å². The van der Waals surface area contributed by atoms with Crippen molar-refractivity contribution in [3.8, 4) is 0 Å². The number of benzene rings is 1. The topological polar surface area (TPSA) is 41.1 Å². The maximum Gasteiger partial charge on any atom is 0.416 e. The van der Waals surface area contributed by atoms with Gasteiger partial charge in [-0.25, -0.2) is 4.79 Å². The molecule has 0 unspecified atom stereocenters. The zero-order chi connectivity index (χ0) is 14.3. The minimum atomic E-state index is -4.37. The van der Waals surface area contributed by atoms with E-state index in [0.29, 0.717) is 18.5 Å². The van der Waals surface area contributed by atoms with E-state index in [1.54, 1.807) is 6.08 Å². The number of carbonyl (C=O) groups is 1. The van der Waals surface area contributed by atoms with Gasteiger partial charge in [-0.05, 0) is 24.1 Å². The third-order valence-corrected chi connectivity index (χ3v) is 2.34. The summed E-state index contributed by atoms with van der Waals surface area (Å²) in [7, 11) is 0. The number of nitrogens with one attached hydrogen (secondary N) is 2. The molecular weight excluding hydrogens is 257 g/mol. The molecule has 0 radical (unpaired) electrons. The molecule has 1 aromatic rings. The summed E-state index contributed by atoms with van der Waals surface area (Å²) in [5, 5.41) is 5.04. The Hall–Kier alpha value is -1.98. The van der Waals surface area contributed by atoms with Crippen molar-refractivity contribution in [2.45, 2.75) is 19.1 Å². The highest BCUT2D eigenvalue weighted by atomic mass is 19.4. The van der Waals surface area contributed by atoms with E-state index >= 15 is 0 Å². The van der Waals surface area contributed by atoms with Gasteiger partial charge in [-0.2, -0.15) is 13.2 Å². The molecular formula is C13H15F3N2O. The van der Waals surface area contributed by atoms with Crippen LogP contribution in [-0.4, -0.2) is 12.6 Å². The Morgan fingerprint density at radius 1 is 1.32 bits per heavy atom. The van der Waals surface area contributed by atoms with Crippen molar-refractivity contribution < 1.29 is 18.0 Å². The number of carbonyl (C=O) groups excluding carboxylic acids is 1. The Bertz CT molecular complexity index is 444. The molecule has 0 atom stereocenters. The largest absolute Gasteiger partial charge is 0.416 e. The van der Waals surface area contributed by atoms with Crippen LogP contribution in [0.5, 0.6) is 0 Å². The first kappa shape index (κ1) is 15.1. The second kappa shape index (κ2) is 6.82. The molecule has 0 aliphatic heterocycles. The molecule has 0 spiro atoms. The zero-order valence-electron chi connectivity index (χ0n) is 10.3. The summed E-state index contributed by atoms with van der Waals surface area (Å²) in [6, 6.07) is 4.44. The number of halogens is 3. The number of rotatable bonds is 5. The first-order chi connectivity index (χ1) is 8.93. The van der Waals surface area contributed by atoms with Gasteiger partial charge in [-0.1, -0.05) is 18.2 Å². The van der Waals surface area contributed by atoms with Crippen LogP contribution in [-0.2, 0) is 12.7 Å². The van der Waals surface area contributed by atoms with Gasteiger partial charge in [0, 0.05) is 13.1 Å². The molecule has 0 bridgehead atoms. The second-order valence-electron chi connectivity index (χ2n) is 3.88. The number of alkyl halides is 3. The van der Waals surface area contributed by atoms with E-state index in [9.17, 15) is 18.0 Å². The van der Waals surface area contributed by atoms with Gasteiger partial charge >= 0.3 is 12.2 Å². The molecule has 0 aromatic heterocycles. The number of urea groups is 1. The van der Waals surface area contributed by atoms with Crippen LogP contribution < -0.4 is 10.6 Å². The molecule has 0 fully saturated rings. The van der Waals surface area contributed by atoms with Gasteiger partial charge in [-0.3, -0.25) is 0 Å². The predicted molar refractivity (Wildman–Crippen MR) is 66.5 cm³/mol. The summed E-state index contributed by atoms with van der Waals surface area (Å²) >= 11 is 0. The smallest absolute Gasteiger partial charge is 0.338 e. The minimum absolute atomic E-state index is 0.0455. The monoisotopic (exact) mass is 272 g/mol. The summed E-state index contributed by atoms with van der Waals surface area (Å²) in [5.74, 6) is 0. The Morgan fingerprint density at radius 3 is 2.68 bits per heavy atom. The maximum absolute atomic E-state index is 12.5.